The van der Waals surface area contributed by atoms with Crippen LogP contribution < -0.4 is 0 Å². The van der Waals surface area contributed by atoms with Crippen LogP contribution in [0.25, 0.3) is 0 Å². The van der Waals surface area contributed by atoms with E-state index in [-0.39, 0.29) is 14.8 Å². The molecule has 0 N–H and O–H groups in total. The molecule has 0 aliphatic rings. The SMILES string of the molecule is CSc1c(F)c(SC)c(SC)c(F)c1Cl. The Hall–Kier alpha value is 0.420. The van der Waals surface area contributed by atoms with Crippen LogP contribution in [0.3, 0.4) is 0 Å². The maximum absolute atomic E-state index is 13.9. The number of thioether (sulfide) groups is 3. The van der Waals surface area contributed by atoms with Gasteiger partial charge in [-0.15, -0.1) is 35.3 Å². The highest BCUT2D eigenvalue weighted by Gasteiger charge is 2.22. The molecular formula is C9H9ClF2S3. The Morgan fingerprint density at radius 3 is 1.60 bits per heavy atom. The van der Waals surface area contributed by atoms with Crippen LogP contribution in [0.2, 0.25) is 5.02 Å². The van der Waals surface area contributed by atoms with Gasteiger partial charge in [0.05, 0.1) is 19.7 Å². The van der Waals surface area contributed by atoms with Gasteiger partial charge in [-0.05, 0) is 18.8 Å². The number of hydrogen-bond donors (Lipinski definition) is 0. The Bertz CT molecular complexity index is 382. The summed E-state index contributed by atoms with van der Waals surface area (Å²) in [5.74, 6) is -0.954. The first-order chi connectivity index (χ1) is 7.08. The van der Waals surface area contributed by atoms with Crippen molar-refractivity contribution in [2.45, 2.75) is 14.7 Å². The van der Waals surface area contributed by atoms with Crippen molar-refractivity contribution in [3.63, 3.8) is 0 Å². The smallest absolute Gasteiger partial charge is 0.157 e. The average molecular weight is 287 g/mol. The van der Waals surface area contributed by atoms with Gasteiger partial charge < -0.3 is 0 Å². The number of rotatable bonds is 3. The Balaban J connectivity index is 3.57. The Labute approximate surface area is 106 Å². The van der Waals surface area contributed by atoms with Crippen LogP contribution in [0, 0.1) is 11.6 Å². The number of hydrogen-bond acceptors (Lipinski definition) is 3. The monoisotopic (exact) mass is 286 g/mol. The van der Waals surface area contributed by atoms with Crippen LogP contribution in [-0.4, -0.2) is 18.8 Å². The van der Waals surface area contributed by atoms with Crippen molar-refractivity contribution in [2.24, 2.45) is 0 Å². The maximum Gasteiger partial charge on any atom is 0.157 e. The Morgan fingerprint density at radius 2 is 1.20 bits per heavy atom. The summed E-state index contributed by atoms with van der Waals surface area (Å²) in [5.41, 5.74) is 0. The van der Waals surface area contributed by atoms with E-state index in [1.807, 2.05) is 0 Å². The molecule has 0 bridgehead atoms. The normalized spacial score (nSPS) is 10.8. The molecular weight excluding hydrogens is 278 g/mol. The van der Waals surface area contributed by atoms with E-state index in [0.29, 0.717) is 4.90 Å². The first kappa shape index (κ1) is 13.5. The van der Waals surface area contributed by atoms with Gasteiger partial charge in [0, 0.05) is 0 Å². The maximum atomic E-state index is 13.9. The molecule has 0 atom stereocenters. The highest BCUT2D eigenvalue weighted by atomic mass is 35.5. The van der Waals surface area contributed by atoms with E-state index < -0.39 is 11.6 Å². The molecule has 0 unspecified atom stereocenters. The molecule has 0 aliphatic carbocycles. The zero-order valence-corrected chi connectivity index (χ0v) is 11.6. The lowest BCUT2D eigenvalue weighted by Crippen LogP contribution is -1.95. The van der Waals surface area contributed by atoms with Crippen molar-refractivity contribution in [1.29, 1.82) is 0 Å². The van der Waals surface area contributed by atoms with Gasteiger partial charge in [-0.25, -0.2) is 8.78 Å². The lowest BCUT2D eigenvalue weighted by molar-refractivity contribution is 0.529. The number of halogens is 3. The molecule has 6 heteroatoms. The Kier molecular flexibility index (Phi) is 5.09. The van der Waals surface area contributed by atoms with Crippen LogP contribution in [0.4, 0.5) is 8.78 Å². The highest BCUT2D eigenvalue weighted by molar-refractivity contribution is 8.01. The average Bonchev–Trinajstić information content (AvgIpc) is 2.23. The number of benzene rings is 1. The van der Waals surface area contributed by atoms with Crippen molar-refractivity contribution in [1.82, 2.24) is 0 Å². The molecule has 0 fully saturated rings. The van der Waals surface area contributed by atoms with Gasteiger partial charge in [-0.3, -0.25) is 0 Å². The molecule has 0 saturated carbocycles. The molecule has 0 aliphatic heterocycles. The van der Waals surface area contributed by atoms with Gasteiger partial charge >= 0.3 is 0 Å². The molecule has 1 aromatic rings. The zero-order chi connectivity index (χ0) is 11.6. The molecule has 84 valence electrons. The molecule has 15 heavy (non-hydrogen) atoms. The first-order valence-electron chi connectivity index (χ1n) is 3.90. The molecule has 0 amide bonds. The van der Waals surface area contributed by atoms with Crippen LogP contribution in [-0.2, 0) is 0 Å². The molecule has 0 radical (unpaired) electrons. The molecule has 0 spiro atoms. The minimum atomic E-state index is -0.528. The van der Waals surface area contributed by atoms with Crippen molar-refractivity contribution >= 4 is 46.9 Å². The van der Waals surface area contributed by atoms with Gasteiger partial charge in [-0.2, -0.15) is 0 Å². The van der Waals surface area contributed by atoms with Gasteiger partial charge in [0.25, 0.3) is 0 Å². The van der Waals surface area contributed by atoms with Gasteiger partial charge in [0.15, 0.2) is 11.6 Å². The van der Waals surface area contributed by atoms with Crippen LogP contribution in [0.5, 0.6) is 0 Å². The quantitative estimate of drug-likeness (QED) is 0.579. The summed E-state index contributed by atoms with van der Waals surface area (Å²) in [5, 5.41) is -0.123. The summed E-state index contributed by atoms with van der Waals surface area (Å²) >= 11 is 9.22. The van der Waals surface area contributed by atoms with E-state index in [1.165, 1.54) is 11.8 Å². The van der Waals surface area contributed by atoms with Gasteiger partial charge in [0.1, 0.15) is 0 Å². The third-order valence-corrected chi connectivity index (χ3v) is 4.78. The van der Waals surface area contributed by atoms with Crippen LogP contribution >= 0.6 is 46.9 Å². The minimum absolute atomic E-state index is 0.123. The van der Waals surface area contributed by atoms with Gasteiger partial charge in [0.2, 0.25) is 0 Å². The van der Waals surface area contributed by atoms with E-state index in [2.05, 4.69) is 0 Å². The summed E-state index contributed by atoms with van der Waals surface area (Å²) in [7, 11) is 0. The van der Waals surface area contributed by atoms with Crippen molar-refractivity contribution < 1.29 is 8.78 Å². The summed E-state index contributed by atoms with van der Waals surface area (Å²) < 4.78 is 27.6. The van der Waals surface area contributed by atoms with E-state index in [4.69, 9.17) is 11.6 Å². The fourth-order valence-corrected chi connectivity index (χ4v) is 3.83. The molecule has 1 aromatic carbocycles. The lowest BCUT2D eigenvalue weighted by atomic mass is 10.3. The second-order valence-corrected chi connectivity index (χ2v) is 5.37. The molecule has 0 saturated heterocycles. The van der Waals surface area contributed by atoms with Crippen molar-refractivity contribution in [2.75, 3.05) is 18.8 Å². The zero-order valence-electron chi connectivity index (χ0n) is 8.36. The van der Waals surface area contributed by atoms with E-state index in [9.17, 15) is 8.78 Å². The van der Waals surface area contributed by atoms with Crippen LogP contribution in [0.15, 0.2) is 14.7 Å². The summed E-state index contributed by atoms with van der Waals surface area (Å²) in [6.45, 7) is 0. The fourth-order valence-electron chi connectivity index (χ4n) is 1.14. The molecule has 0 aromatic heterocycles. The Morgan fingerprint density at radius 1 is 0.800 bits per heavy atom. The van der Waals surface area contributed by atoms with Crippen LogP contribution in [0.1, 0.15) is 0 Å². The largest absolute Gasteiger partial charge is 0.204 e. The fraction of sp³-hybridized carbons (Fsp3) is 0.333. The molecule has 0 heterocycles. The standard InChI is InChI=1S/C9H9ClF2S3/c1-13-7-4(10)5(11)8(14-2)9(15-3)6(7)12/h1-3H3. The highest BCUT2D eigenvalue weighted by Crippen LogP contribution is 2.42. The first-order valence-corrected chi connectivity index (χ1v) is 7.96. The minimum Gasteiger partial charge on any atom is -0.204 e. The van der Waals surface area contributed by atoms with Crippen molar-refractivity contribution in [3.8, 4) is 0 Å². The van der Waals surface area contributed by atoms with E-state index in [1.54, 1.807) is 18.8 Å². The predicted molar refractivity (Wildman–Crippen MR) is 66.7 cm³/mol. The topological polar surface area (TPSA) is 0 Å². The second kappa shape index (κ2) is 5.66. The molecule has 1 rings (SSSR count). The van der Waals surface area contributed by atoms with E-state index >= 15 is 0 Å². The summed E-state index contributed by atoms with van der Waals surface area (Å²) in [6.07, 6.45) is 5.09. The van der Waals surface area contributed by atoms with Crippen molar-refractivity contribution in [3.05, 3.63) is 16.7 Å². The third kappa shape index (κ3) is 2.40. The second-order valence-electron chi connectivity index (χ2n) is 2.54. The third-order valence-electron chi connectivity index (χ3n) is 1.81. The predicted octanol–water partition coefficient (Wildman–Crippen LogP) is 4.78. The molecule has 0 nitrogen and oxygen atoms in total. The van der Waals surface area contributed by atoms with Gasteiger partial charge in [-0.1, -0.05) is 11.6 Å². The summed E-state index contributed by atoms with van der Waals surface area (Å²) in [4.78, 5) is 0.785. The summed E-state index contributed by atoms with van der Waals surface area (Å²) in [6, 6.07) is 0. The van der Waals surface area contributed by atoms with E-state index in [0.717, 1.165) is 23.5 Å². The lowest BCUT2D eigenvalue weighted by Gasteiger charge is -2.12.